The molecule has 0 aliphatic carbocycles. The number of carbonyl (C=O) groups excluding carboxylic acids is 1. The van der Waals surface area contributed by atoms with Crippen LogP contribution in [-0.2, 0) is 6.42 Å². The van der Waals surface area contributed by atoms with Crippen molar-refractivity contribution in [3.05, 3.63) is 35.4 Å². The van der Waals surface area contributed by atoms with Gasteiger partial charge in [-0.3, -0.25) is 0 Å². The molecule has 110 valence electrons. The zero-order valence-corrected chi connectivity index (χ0v) is 12.5. The maximum Gasteiger partial charge on any atom is 0.335 e. The molecular weight excluding hydrogens is 276 g/mol. The van der Waals surface area contributed by atoms with E-state index in [1.807, 2.05) is 19.2 Å². The zero-order valence-electron chi connectivity index (χ0n) is 11.7. The van der Waals surface area contributed by atoms with Crippen LogP contribution >= 0.6 is 11.8 Å². The Morgan fingerprint density at radius 1 is 1.35 bits per heavy atom. The van der Waals surface area contributed by atoms with Gasteiger partial charge in [0.15, 0.2) is 0 Å². The van der Waals surface area contributed by atoms with Crippen molar-refractivity contribution in [1.29, 1.82) is 0 Å². The van der Waals surface area contributed by atoms with Gasteiger partial charge in [-0.15, -0.1) is 0 Å². The number of hydrogen-bond donors (Lipinski definition) is 3. The van der Waals surface area contributed by atoms with Crippen LogP contribution in [0.1, 0.15) is 22.8 Å². The molecule has 1 rings (SSSR count). The molecule has 0 aliphatic rings. The fourth-order valence-corrected chi connectivity index (χ4v) is 1.81. The standard InChI is InChI=1S/C14H20N2O3S/c1-10(20-2)9-16-14(19)15-7-6-11-4-3-5-12(8-11)13(17)18/h3-5,8,10H,6-7,9H2,1-2H3,(H,17,18)(H2,15,16,19). The zero-order chi connectivity index (χ0) is 15.0. The molecular formula is C14H20N2O3S. The van der Waals surface area contributed by atoms with Gasteiger partial charge in [-0.2, -0.15) is 11.8 Å². The van der Waals surface area contributed by atoms with Crippen LogP contribution in [0.5, 0.6) is 0 Å². The molecule has 20 heavy (non-hydrogen) atoms. The Hall–Kier alpha value is -1.69. The predicted molar refractivity (Wildman–Crippen MR) is 81.5 cm³/mol. The summed E-state index contributed by atoms with van der Waals surface area (Å²) < 4.78 is 0. The van der Waals surface area contributed by atoms with Crippen molar-refractivity contribution in [2.45, 2.75) is 18.6 Å². The Bertz CT molecular complexity index is 465. The van der Waals surface area contributed by atoms with E-state index in [2.05, 4.69) is 10.6 Å². The Labute approximate surface area is 123 Å². The van der Waals surface area contributed by atoms with Crippen LogP contribution in [0.25, 0.3) is 0 Å². The largest absolute Gasteiger partial charge is 0.478 e. The highest BCUT2D eigenvalue weighted by Crippen LogP contribution is 2.05. The lowest BCUT2D eigenvalue weighted by molar-refractivity contribution is 0.0696. The van der Waals surface area contributed by atoms with Gasteiger partial charge in [0.25, 0.3) is 0 Å². The number of hydrogen-bond acceptors (Lipinski definition) is 3. The number of carboxylic acids is 1. The number of aromatic carboxylic acids is 1. The molecule has 1 atom stereocenters. The van der Waals surface area contributed by atoms with Crippen LogP contribution in [0.4, 0.5) is 4.79 Å². The van der Waals surface area contributed by atoms with Crippen LogP contribution in [-0.4, -0.2) is 41.7 Å². The average Bonchev–Trinajstić information content (AvgIpc) is 2.45. The van der Waals surface area contributed by atoms with E-state index in [-0.39, 0.29) is 11.6 Å². The summed E-state index contributed by atoms with van der Waals surface area (Å²) in [6.07, 6.45) is 2.60. The third kappa shape index (κ3) is 5.97. The Morgan fingerprint density at radius 3 is 2.75 bits per heavy atom. The normalized spacial score (nSPS) is 11.7. The van der Waals surface area contributed by atoms with Gasteiger partial charge in [0.1, 0.15) is 0 Å². The summed E-state index contributed by atoms with van der Waals surface area (Å²) in [5.41, 5.74) is 1.16. The van der Waals surface area contributed by atoms with E-state index in [1.165, 1.54) is 0 Å². The minimum atomic E-state index is -0.941. The van der Waals surface area contributed by atoms with Crippen molar-refractivity contribution in [2.75, 3.05) is 19.3 Å². The van der Waals surface area contributed by atoms with E-state index in [4.69, 9.17) is 5.11 Å². The molecule has 0 aliphatic heterocycles. The highest BCUT2D eigenvalue weighted by atomic mass is 32.2. The Kier molecular flexibility index (Phi) is 6.93. The average molecular weight is 296 g/mol. The van der Waals surface area contributed by atoms with Crippen LogP contribution < -0.4 is 10.6 Å². The third-order valence-electron chi connectivity index (χ3n) is 2.83. The maximum atomic E-state index is 11.5. The molecule has 6 heteroatoms. The lowest BCUT2D eigenvalue weighted by Gasteiger charge is -2.11. The van der Waals surface area contributed by atoms with Gasteiger partial charge in [0.05, 0.1) is 5.56 Å². The number of carboxylic acid groups (broad SMARTS) is 1. The topological polar surface area (TPSA) is 78.4 Å². The minimum Gasteiger partial charge on any atom is -0.478 e. The summed E-state index contributed by atoms with van der Waals surface area (Å²) in [5.74, 6) is -0.941. The molecule has 0 spiro atoms. The lowest BCUT2D eigenvalue weighted by atomic mass is 10.1. The number of nitrogens with one attached hydrogen (secondary N) is 2. The maximum absolute atomic E-state index is 11.5. The summed E-state index contributed by atoms with van der Waals surface area (Å²) in [7, 11) is 0. The highest BCUT2D eigenvalue weighted by molar-refractivity contribution is 7.99. The van der Waals surface area contributed by atoms with Crippen LogP contribution in [0.3, 0.4) is 0 Å². The summed E-state index contributed by atoms with van der Waals surface area (Å²) in [4.78, 5) is 22.3. The molecule has 0 radical (unpaired) electrons. The number of amides is 2. The van der Waals surface area contributed by atoms with Crippen molar-refractivity contribution >= 4 is 23.8 Å². The molecule has 0 saturated carbocycles. The molecule has 1 aromatic carbocycles. The van der Waals surface area contributed by atoms with E-state index in [1.54, 1.807) is 30.0 Å². The molecule has 0 fully saturated rings. The van der Waals surface area contributed by atoms with Gasteiger partial charge in [-0.1, -0.05) is 19.1 Å². The molecule has 2 amide bonds. The van der Waals surface area contributed by atoms with Crippen LogP contribution in [0.2, 0.25) is 0 Å². The second-order valence-electron chi connectivity index (χ2n) is 4.44. The molecule has 1 unspecified atom stereocenters. The molecule has 5 nitrogen and oxygen atoms in total. The first-order valence-corrected chi connectivity index (χ1v) is 7.68. The number of carbonyl (C=O) groups is 2. The van der Waals surface area contributed by atoms with Crippen molar-refractivity contribution in [2.24, 2.45) is 0 Å². The van der Waals surface area contributed by atoms with Gasteiger partial charge < -0.3 is 15.7 Å². The third-order valence-corrected chi connectivity index (χ3v) is 3.80. The van der Waals surface area contributed by atoms with Crippen molar-refractivity contribution in [1.82, 2.24) is 10.6 Å². The van der Waals surface area contributed by atoms with E-state index in [0.29, 0.717) is 24.8 Å². The molecule has 3 N–H and O–H groups in total. The second-order valence-corrected chi connectivity index (χ2v) is 5.71. The van der Waals surface area contributed by atoms with E-state index in [0.717, 1.165) is 5.56 Å². The number of rotatable bonds is 7. The molecule has 1 aromatic rings. The van der Waals surface area contributed by atoms with Crippen molar-refractivity contribution < 1.29 is 14.7 Å². The van der Waals surface area contributed by atoms with Gasteiger partial charge in [0.2, 0.25) is 0 Å². The van der Waals surface area contributed by atoms with E-state index >= 15 is 0 Å². The van der Waals surface area contributed by atoms with E-state index < -0.39 is 5.97 Å². The smallest absolute Gasteiger partial charge is 0.335 e. The Morgan fingerprint density at radius 2 is 2.10 bits per heavy atom. The van der Waals surface area contributed by atoms with Crippen molar-refractivity contribution in [3.63, 3.8) is 0 Å². The summed E-state index contributed by atoms with van der Waals surface area (Å²) >= 11 is 1.69. The summed E-state index contributed by atoms with van der Waals surface area (Å²) in [6.45, 7) is 3.15. The van der Waals surface area contributed by atoms with Gasteiger partial charge in [0, 0.05) is 18.3 Å². The van der Waals surface area contributed by atoms with E-state index in [9.17, 15) is 9.59 Å². The van der Waals surface area contributed by atoms with Crippen molar-refractivity contribution in [3.8, 4) is 0 Å². The van der Waals surface area contributed by atoms with Gasteiger partial charge in [-0.05, 0) is 30.4 Å². The lowest BCUT2D eigenvalue weighted by Crippen LogP contribution is -2.39. The fraction of sp³-hybridized carbons (Fsp3) is 0.429. The van der Waals surface area contributed by atoms with Crippen LogP contribution in [0.15, 0.2) is 24.3 Å². The predicted octanol–water partition coefficient (Wildman–Crippen LogP) is 1.98. The quantitative estimate of drug-likeness (QED) is 0.719. The summed E-state index contributed by atoms with van der Waals surface area (Å²) in [6, 6.07) is 6.54. The number of urea groups is 1. The fourth-order valence-electron chi connectivity index (χ4n) is 1.56. The Balaban J connectivity index is 2.32. The summed E-state index contributed by atoms with van der Waals surface area (Å²) in [5, 5.41) is 14.8. The molecule has 0 bridgehead atoms. The molecule has 0 heterocycles. The SMILES string of the molecule is CSC(C)CNC(=O)NCCc1cccc(C(=O)O)c1. The molecule has 0 saturated heterocycles. The molecule has 0 aromatic heterocycles. The number of benzene rings is 1. The van der Waals surface area contributed by atoms with Gasteiger partial charge in [-0.25, -0.2) is 9.59 Å². The number of thioether (sulfide) groups is 1. The van der Waals surface area contributed by atoms with Gasteiger partial charge >= 0.3 is 12.0 Å². The first-order valence-electron chi connectivity index (χ1n) is 6.39. The first-order chi connectivity index (χ1) is 9.52. The van der Waals surface area contributed by atoms with Crippen LogP contribution in [0, 0.1) is 0 Å². The monoisotopic (exact) mass is 296 g/mol. The second kappa shape index (κ2) is 8.47. The highest BCUT2D eigenvalue weighted by Gasteiger charge is 2.05. The first kappa shape index (κ1) is 16.4. The minimum absolute atomic E-state index is 0.194.